The maximum atomic E-state index is 13.6. The van der Waals surface area contributed by atoms with Crippen molar-refractivity contribution in [2.75, 3.05) is 24.5 Å². The molecule has 0 radical (unpaired) electrons. The summed E-state index contributed by atoms with van der Waals surface area (Å²) in [5.41, 5.74) is 2.15. The smallest absolute Gasteiger partial charge is 0.229 e. The first-order chi connectivity index (χ1) is 16.1. The van der Waals surface area contributed by atoms with Crippen LogP contribution < -0.4 is 4.90 Å². The van der Waals surface area contributed by atoms with E-state index >= 15 is 0 Å². The van der Waals surface area contributed by atoms with E-state index in [-0.39, 0.29) is 11.3 Å². The van der Waals surface area contributed by atoms with Gasteiger partial charge in [0.05, 0.1) is 11.6 Å². The number of piperidine rings is 2. The zero-order valence-corrected chi connectivity index (χ0v) is 18.8. The number of nitriles is 1. The van der Waals surface area contributed by atoms with E-state index in [1.165, 1.54) is 0 Å². The first-order valence-electron chi connectivity index (χ1n) is 11.5. The summed E-state index contributed by atoms with van der Waals surface area (Å²) in [5, 5.41) is 9.14. The van der Waals surface area contributed by atoms with E-state index in [1.807, 2.05) is 36.1 Å². The van der Waals surface area contributed by atoms with Crippen molar-refractivity contribution in [1.82, 2.24) is 14.9 Å². The van der Waals surface area contributed by atoms with Crippen LogP contribution in [0.2, 0.25) is 0 Å². The van der Waals surface area contributed by atoms with Crippen molar-refractivity contribution in [3.63, 3.8) is 0 Å². The number of nitrogens with zero attached hydrogens (tertiary/aromatic N) is 5. The fourth-order valence-corrected chi connectivity index (χ4v) is 5.10. The summed E-state index contributed by atoms with van der Waals surface area (Å²) in [5.74, 6) is 2.48. The number of aryl methyl sites for hydroxylation is 1. The molecule has 5 rings (SSSR count). The van der Waals surface area contributed by atoms with E-state index in [9.17, 15) is 4.79 Å². The minimum Gasteiger partial charge on any atom is -0.441 e. The number of hydrogen-bond acceptors (Lipinski definition) is 6. The molecule has 33 heavy (non-hydrogen) atoms. The molecule has 2 fully saturated rings. The van der Waals surface area contributed by atoms with Gasteiger partial charge in [-0.15, -0.1) is 0 Å². The van der Waals surface area contributed by atoms with Crippen LogP contribution in [0.3, 0.4) is 0 Å². The fourth-order valence-electron chi connectivity index (χ4n) is 5.10. The number of carbonyl (C=O) groups is 1. The summed E-state index contributed by atoms with van der Waals surface area (Å²) in [6, 6.07) is 15.7. The van der Waals surface area contributed by atoms with E-state index in [1.54, 1.807) is 12.3 Å². The molecular formula is C26H27N5O2. The second-order valence-corrected chi connectivity index (χ2v) is 9.07. The van der Waals surface area contributed by atoms with Gasteiger partial charge < -0.3 is 14.2 Å². The quantitative estimate of drug-likeness (QED) is 0.599. The Balaban J connectivity index is 1.28. The minimum absolute atomic E-state index is 0.268. The van der Waals surface area contributed by atoms with E-state index in [0.717, 1.165) is 68.0 Å². The van der Waals surface area contributed by atoms with Crippen LogP contribution in [0, 0.1) is 23.7 Å². The average molecular weight is 442 g/mol. The van der Waals surface area contributed by atoms with Gasteiger partial charge in [-0.05, 0) is 62.4 Å². The lowest BCUT2D eigenvalue weighted by Crippen LogP contribution is -2.53. The molecule has 1 amide bonds. The molecule has 0 N–H and O–H groups in total. The zero-order valence-electron chi connectivity index (χ0n) is 18.8. The number of likely N-dealkylation sites (tertiary alicyclic amines) is 1. The van der Waals surface area contributed by atoms with Crippen molar-refractivity contribution >= 4 is 11.7 Å². The van der Waals surface area contributed by atoms with Crippen LogP contribution in [0.4, 0.5) is 5.82 Å². The first-order valence-corrected chi connectivity index (χ1v) is 11.5. The Bertz CT molecular complexity index is 1200. The molecule has 0 aliphatic carbocycles. The molecule has 7 heteroatoms. The van der Waals surface area contributed by atoms with Gasteiger partial charge in [0.25, 0.3) is 0 Å². The standard InChI is InChI=1S/C26H27N5O2/c1-19-17-28-24(33-19)21-6-2-5-20(15-21)18-31-12-4-9-26(25(31)32)10-13-30(14-11-26)23-8-3-7-22(16-27)29-23/h2-3,5-8,15,17H,4,9-14,18H2,1H3. The van der Waals surface area contributed by atoms with Gasteiger partial charge >= 0.3 is 0 Å². The van der Waals surface area contributed by atoms with Crippen molar-refractivity contribution in [3.05, 3.63) is 65.7 Å². The number of carbonyl (C=O) groups excluding carboxylic acids is 1. The van der Waals surface area contributed by atoms with Crippen LogP contribution in [0.5, 0.6) is 0 Å². The van der Waals surface area contributed by atoms with E-state index in [4.69, 9.17) is 9.68 Å². The number of aromatic nitrogens is 2. The molecule has 7 nitrogen and oxygen atoms in total. The normalized spacial score (nSPS) is 17.9. The highest BCUT2D eigenvalue weighted by atomic mass is 16.4. The van der Waals surface area contributed by atoms with Gasteiger partial charge in [0, 0.05) is 31.7 Å². The van der Waals surface area contributed by atoms with E-state index in [0.29, 0.717) is 18.1 Å². The summed E-state index contributed by atoms with van der Waals surface area (Å²) < 4.78 is 5.67. The van der Waals surface area contributed by atoms with Gasteiger partial charge in [-0.1, -0.05) is 18.2 Å². The van der Waals surface area contributed by atoms with Crippen molar-refractivity contribution in [2.45, 2.75) is 39.2 Å². The highest BCUT2D eigenvalue weighted by Crippen LogP contribution is 2.42. The Labute approximate surface area is 193 Å². The van der Waals surface area contributed by atoms with Gasteiger partial charge in [-0.25, -0.2) is 9.97 Å². The lowest BCUT2D eigenvalue weighted by Gasteiger charge is -2.46. The van der Waals surface area contributed by atoms with Crippen LogP contribution in [-0.2, 0) is 11.3 Å². The SMILES string of the molecule is Cc1cnc(-c2cccc(CN3CCCC4(CCN(c5cccc(C#N)n5)CC4)C3=O)c2)o1. The Kier molecular flexibility index (Phi) is 5.59. The summed E-state index contributed by atoms with van der Waals surface area (Å²) in [7, 11) is 0. The lowest BCUT2D eigenvalue weighted by atomic mass is 9.71. The van der Waals surface area contributed by atoms with E-state index in [2.05, 4.69) is 33.1 Å². The lowest BCUT2D eigenvalue weighted by molar-refractivity contribution is -0.148. The van der Waals surface area contributed by atoms with Gasteiger partial charge in [0.2, 0.25) is 11.8 Å². The third-order valence-electron chi connectivity index (χ3n) is 6.89. The summed E-state index contributed by atoms with van der Waals surface area (Å²) >= 11 is 0. The predicted octanol–water partition coefficient (Wildman–Crippen LogP) is 4.33. The minimum atomic E-state index is -0.293. The van der Waals surface area contributed by atoms with Crippen molar-refractivity contribution < 1.29 is 9.21 Å². The third kappa shape index (κ3) is 4.21. The second-order valence-electron chi connectivity index (χ2n) is 9.07. The molecule has 2 aliphatic heterocycles. The molecule has 0 bridgehead atoms. The number of oxazole rings is 1. The number of benzene rings is 1. The van der Waals surface area contributed by atoms with E-state index < -0.39 is 0 Å². The molecule has 3 aromatic rings. The maximum Gasteiger partial charge on any atom is 0.229 e. The number of amides is 1. The van der Waals surface area contributed by atoms with Crippen LogP contribution in [0.1, 0.15) is 42.7 Å². The topological polar surface area (TPSA) is 86.3 Å². The Morgan fingerprint density at radius 3 is 2.70 bits per heavy atom. The van der Waals surface area contributed by atoms with Crippen molar-refractivity contribution in [3.8, 4) is 17.5 Å². The molecule has 2 aliphatic rings. The highest BCUT2D eigenvalue weighted by molar-refractivity contribution is 5.84. The summed E-state index contributed by atoms with van der Waals surface area (Å²) in [4.78, 5) is 26.6. The molecular weight excluding hydrogens is 414 g/mol. The highest BCUT2D eigenvalue weighted by Gasteiger charge is 2.45. The molecule has 4 heterocycles. The van der Waals surface area contributed by atoms with Gasteiger partial charge in [0.1, 0.15) is 23.3 Å². The molecule has 1 aromatic carbocycles. The molecule has 0 saturated carbocycles. The van der Waals surface area contributed by atoms with Crippen LogP contribution in [0.15, 0.2) is 53.1 Å². The molecule has 2 saturated heterocycles. The van der Waals surface area contributed by atoms with Crippen LogP contribution >= 0.6 is 0 Å². The molecule has 2 aromatic heterocycles. The number of pyridine rings is 1. The Hall–Kier alpha value is -3.66. The zero-order chi connectivity index (χ0) is 22.8. The van der Waals surface area contributed by atoms with Crippen molar-refractivity contribution in [2.24, 2.45) is 5.41 Å². The predicted molar refractivity (Wildman–Crippen MR) is 124 cm³/mol. The van der Waals surface area contributed by atoms with Gasteiger partial charge in [-0.2, -0.15) is 5.26 Å². The first kappa shape index (κ1) is 21.2. The van der Waals surface area contributed by atoms with Crippen molar-refractivity contribution in [1.29, 1.82) is 5.26 Å². The van der Waals surface area contributed by atoms with Crippen LogP contribution in [-0.4, -0.2) is 40.4 Å². The Morgan fingerprint density at radius 2 is 1.94 bits per heavy atom. The third-order valence-corrected chi connectivity index (χ3v) is 6.89. The molecule has 0 unspecified atom stereocenters. The monoisotopic (exact) mass is 441 g/mol. The summed E-state index contributed by atoms with van der Waals surface area (Å²) in [6.07, 6.45) is 5.31. The Morgan fingerprint density at radius 1 is 1.12 bits per heavy atom. The van der Waals surface area contributed by atoms with Gasteiger partial charge in [-0.3, -0.25) is 4.79 Å². The average Bonchev–Trinajstić information content (AvgIpc) is 3.29. The van der Waals surface area contributed by atoms with Crippen LogP contribution in [0.25, 0.3) is 11.5 Å². The molecule has 168 valence electrons. The van der Waals surface area contributed by atoms with Gasteiger partial charge in [0.15, 0.2) is 0 Å². The second kappa shape index (κ2) is 8.70. The number of rotatable bonds is 4. The maximum absolute atomic E-state index is 13.6. The fraction of sp³-hybridized carbons (Fsp3) is 0.385. The molecule has 1 spiro atoms. The molecule has 0 atom stereocenters. The number of anilines is 1. The largest absolute Gasteiger partial charge is 0.441 e. The number of hydrogen-bond donors (Lipinski definition) is 0. The summed E-state index contributed by atoms with van der Waals surface area (Å²) in [6.45, 7) is 4.83.